The summed E-state index contributed by atoms with van der Waals surface area (Å²) in [5, 5.41) is 2.82. The first-order valence-electron chi connectivity index (χ1n) is 5.23. The molecule has 0 radical (unpaired) electrons. The first-order valence-corrected chi connectivity index (χ1v) is 6.05. The van der Waals surface area contributed by atoms with E-state index in [4.69, 9.17) is 0 Å². The van der Waals surface area contributed by atoms with Gasteiger partial charge in [0.25, 0.3) is 0 Å². The predicted octanol–water partition coefficient (Wildman–Crippen LogP) is 2.12. The van der Waals surface area contributed by atoms with Crippen LogP contribution in [0.3, 0.4) is 0 Å². The number of hydrogen-bond donors (Lipinski definition) is 1. The van der Waals surface area contributed by atoms with Gasteiger partial charge in [0.15, 0.2) is 5.13 Å². The lowest BCUT2D eigenvalue weighted by atomic mass is 10.4. The van der Waals surface area contributed by atoms with Crippen LogP contribution in [0.25, 0.3) is 0 Å². The average Bonchev–Trinajstić information content (AvgIpc) is 2.63. The third kappa shape index (κ3) is 4.17. The third-order valence-corrected chi connectivity index (χ3v) is 3.09. The van der Waals surface area contributed by atoms with E-state index in [0.29, 0.717) is 11.3 Å². The highest BCUT2D eigenvalue weighted by Crippen LogP contribution is 2.35. The maximum Gasteiger partial charge on any atom is 0.427 e. The van der Waals surface area contributed by atoms with Crippen LogP contribution in [0.4, 0.5) is 18.3 Å². The zero-order chi connectivity index (χ0) is 13.9. The van der Waals surface area contributed by atoms with Crippen LogP contribution in [0.5, 0.6) is 0 Å². The lowest BCUT2D eigenvalue weighted by molar-refractivity contribution is -0.134. The van der Waals surface area contributed by atoms with E-state index >= 15 is 0 Å². The zero-order valence-corrected chi connectivity index (χ0v) is 11.0. The van der Waals surface area contributed by atoms with Crippen molar-refractivity contribution in [2.75, 3.05) is 18.5 Å². The first kappa shape index (κ1) is 14.7. The molecule has 4 nitrogen and oxygen atoms in total. The van der Waals surface area contributed by atoms with Crippen LogP contribution in [0.1, 0.15) is 18.7 Å². The van der Waals surface area contributed by atoms with Crippen molar-refractivity contribution in [3.63, 3.8) is 0 Å². The summed E-state index contributed by atoms with van der Waals surface area (Å²) in [5.41, 5.74) is 0. The fraction of sp³-hybridized carbons (Fsp3) is 0.600. The van der Waals surface area contributed by atoms with Crippen LogP contribution >= 0.6 is 11.3 Å². The number of hydrogen-bond acceptors (Lipinski definition) is 4. The second-order valence-corrected chi connectivity index (χ2v) is 5.09. The molecule has 8 heteroatoms. The third-order valence-electron chi connectivity index (χ3n) is 1.93. The Kier molecular flexibility index (Phi) is 4.55. The van der Waals surface area contributed by atoms with Crippen molar-refractivity contribution in [1.82, 2.24) is 10.3 Å². The number of halogens is 3. The minimum absolute atomic E-state index is 0.00655. The first-order chi connectivity index (χ1) is 8.20. The molecule has 1 aromatic heterocycles. The summed E-state index contributed by atoms with van der Waals surface area (Å²) in [6.07, 6.45) is -3.62. The Morgan fingerprint density at radius 2 is 2.17 bits per heavy atom. The molecule has 1 amide bonds. The number of anilines is 1. The normalized spacial score (nSPS) is 11.7. The predicted molar refractivity (Wildman–Crippen MR) is 63.7 cm³/mol. The lowest BCUT2D eigenvalue weighted by Crippen LogP contribution is -2.38. The molecule has 0 aliphatic heterocycles. The van der Waals surface area contributed by atoms with Gasteiger partial charge in [-0.1, -0.05) is 11.3 Å². The van der Waals surface area contributed by atoms with Gasteiger partial charge < -0.3 is 10.2 Å². The number of carbonyl (C=O) groups excluding carboxylic acids is 1. The Labute approximate surface area is 107 Å². The molecular formula is C10H14F3N3OS. The summed E-state index contributed by atoms with van der Waals surface area (Å²) in [7, 11) is 1.53. The van der Waals surface area contributed by atoms with Gasteiger partial charge in [-0.05, 0) is 13.8 Å². The van der Waals surface area contributed by atoms with E-state index in [1.54, 1.807) is 0 Å². The number of alkyl halides is 3. The number of thiazole rings is 1. The molecule has 0 aliphatic rings. The summed E-state index contributed by atoms with van der Waals surface area (Å²) >= 11 is 0.519. The van der Waals surface area contributed by atoms with Gasteiger partial charge in [0.2, 0.25) is 5.91 Å². The molecule has 0 unspecified atom stereocenters. The second kappa shape index (κ2) is 5.55. The van der Waals surface area contributed by atoms with Crippen molar-refractivity contribution in [2.24, 2.45) is 0 Å². The monoisotopic (exact) mass is 281 g/mol. The van der Waals surface area contributed by atoms with E-state index in [0.717, 1.165) is 6.20 Å². The van der Waals surface area contributed by atoms with Gasteiger partial charge in [0.1, 0.15) is 4.88 Å². The molecule has 0 bridgehead atoms. The van der Waals surface area contributed by atoms with Crippen LogP contribution < -0.4 is 10.2 Å². The summed E-state index contributed by atoms with van der Waals surface area (Å²) in [6, 6.07) is -0.00655. The van der Waals surface area contributed by atoms with Crippen molar-refractivity contribution in [1.29, 1.82) is 0 Å². The maximum atomic E-state index is 12.4. The van der Waals surface area contributed by atoms with Gasteiger partial charge in [-0.3, -0.25) is 4.79 Å². The number of nitrogens with zero attached hydrogens (tertiary/aromatic N) is 2. The fourth-order valence-electron chi connectivity index (χ4n) is 1.22. The Hall–Kier alpha value is -1.31. The summed E-state index contributed by atoms with van der Waals surface area (Å²) in [4.78, 5) is 15.7. The van der Waals surface area contributed by atoms with E-state index < -0.39 is 11.1 Å². The standard InChI is InChI=1S/C10H14F3N3OS/c1-6(2)15-8(17)5-16(3)9-14-4-7(18-9)10(11,12)13/h4,6H,5H2,1-3H3,(H,15,17). The molecule has 0 spiro atoms. The number of rotatable bonds is 4. The van der Waals surface area contributed by atoms with Crippen molar-refractivity contribution >= 4 is 22.4 Å². The highest BCUT2D eigenvalue weighted by molar-refractivity contribution is 7.15. The van der Waals surface area contributed by atoms with Gasteiger partial charge in [0, 0.05) is 13.1 Å². The van der Waals surface area contributed by atoms with Crippen LogP contribution in [0, 0.1) is 0 Å². The number of nitrogens with one attached hydrogen (secondary N) is 1. The number of likely N-dealkylation sites (N-methyl/N-ethyl adjacent to an activating group) is 1. The van der Waals surface area contributed by atoms with E-state index in [2.05, 4.69) is 10.3 Å². The SMILES string of the molecule is CC(C)NC(=O)CN(C)c1ncc(C(F)(F)F)s1. The van der Waals surface area contributed by atoms with Gasteiger partial charge in [-0.2, -0.15) is 13.2 Å². The molecule has 0 saturated heterocycles. The van der Waals surface area contributed by atoms with Crippen LogP contribution in [-0.2, 0) is 11.0 Å². The summed E-state index contributed by atoms with van der Waals surface area (Å²) in [5.74, 6) is -0.253. The molecule has 0 fully saturated rings. The van der Waals surface area contributed by atoms with E-state index in [-0.39, 0.29) is 23.6 Å². The fourth-order valence-corrected chi connectivity index (χ4v) is 1.97. The Morgan fingerprint density at radius 1 is 1.56 bits per heavy atom. The van der Waals surface area contributed by atoms with Gasteiger partial charge in [-0.25, -0.2) is 4.98 Å². The molecule has 0 aliphatic carbocycles. The van der Waals surface area contributed by atoms with Crippen molar-refractivity contribution in [2.45, 2.75) is 26.1 Å². The van der Waals surface area contributed by atoms with Crippen molar-refractivity contribution in [3.05, 3.63) is 11.1 Å². The van der Waals surface area contributed by atoms with Crippen LogP contribution in [0.2, 0.25) is 0 Å². The molecule has 1 aromatic rings. The van der Waals surface area contributed by atoms with E-state index in [1.807, 2.05) is 13.8 Å². The number of amides is 1. The summed E-state index contributed by atoms with van der Waals surface area (Å²) < 4.78 is 37.1. The molecule has 0 aromatic carbocycles. The largest absolute Gasteiger partial charge is 0.427 e. The number of carbonyl (C=O) groups is 1. The minimum atomic E-state index is -4.39. The van der Waals surface area contributed by atoms with Gasteiger partial charge in [-0.15, -0.1) is 0 Å². The molecule has 1 heterocycles. The minimum Gasteiger partial charge on any atom is -0.352 e. The molecule has 102 valence electrons. The smallest absolute Gasteiger partial charge is 0.352 e. The molecule has 18 heavy (non-hydrogen) atoms. The molecular weight excluding hydrogens is 267 g/mol. The molecule has 1 rings (SSSR count). The van der Waals surface area contributed by atoms with Crippen LogP contribution in [-0.4, -0.2) is 30.5 Å². The molecule has 0 saturated carbocycles. The van der Waals surface area contributed by atoms with Crippen molar-refractivity contribution < 1.29 is 18.0 Å². The molecule has 0 atom stereocenters. The highest BCUT2D eigenvalue weighted by Gasteiger charge is 2.33. The lowest BCUT2D eigenvalue weighted by Gasteiger charge is -2.16. The van der Waals surface area contributed by atoms with Gasteiger partial charge >= 0.3 is 6.18 Å². The van der Waals surface area contributed by atoms with E-state index in [1.165, 1.54) is 11.9 Å². The number of aromatic nitrogens is 1. The van der Waals surface area contributed by atoms with Crippen molar-refractivity contribution in [3.8, 4) is 0 Å². The topological polar surface area (TPSA) is 45.2 Å². The Balaban J connectivity index is 2.65. The Bertz CT molecular complexity index is 417. The highest BCUT2D eigenvalue weighted by atomic mass is 32.1. The van der Waals surface area contributed by atoms with Gasteiger partial charge in [0.05, 0.1) is 12.7 Å². The maximum absolute atomic E-state index is 12.4. The van der Waals surface area contributed by atoms with E-state index in [9.17, 15) is 18.0 Å². The van der Waals surface area contributed by atoms with Crippen LogP contribution in [0.15, 0.2) is 6.20 Å². The zero-order valence-electron chi connectivity index (χ0n) is 10.2. The average molecular weight is 281 g/mol. The summed E-state index contributed by atoms with van der Waals surface area (Å²) in [6.45, 7) is 3.59. The molecule has 1 N–H and O–H groups in total. The quantitative estimate of drug-likeness (QED) is 0.919. The second-order valence-electron chi connectivity index (χ2n) is 4.08. The Morgan fingerprint density at radius 3 is 2.61 bits per heavy atom.